The standard InChI is InChI=1S/C13H21FN2O/c1-13(10-15,16-7-8-17-2)9-11-3-5-12(14)6-4-11/h3-6,16H,7-10,15H2,1-2H3. The summed E-state index contributed by atoms with van der Waals surface area (Å²) in [5.74, 6) is -0.212. The van der Waals surface area contributed by atoms with Crippen LogP contribution in [0.2, 0.25) is 0 Å². The van der Waals surface area contributed by atoms with E-state index in [4.69, 9.17) is 10.5 Å². The van der Waals surface area contributed by atoms with Gasteiger partial charge in [-0.05, 0) is 31.0 Å². The molecular weight excluding hydrogens is 219 g/mol. The average Bonchev–Trinajstić information content (AvgIpc) is 2.33. The molecule has 96 valence electrons. The van der Waals surface area contributed by atoms with Crippen molar-refractivity contribution in [2.24, 2.45) is 5.73 Å². The van der Waals surface area contributed by atoms with Crippen molar-refractivity contribution in [3.05, 3.63) is 35.6 Å². The number of methoxy groups -OCH3 is 1. The average molecular weight is 240 g/mol. The van der Waals surface area contributed by atoms with E-state index >= 15 is 0 Å². The van der Waals surface area contributed by atoms with Crippen LogP contribution >= 0.6 is 0 Å². The van der Waals surface area contributed by atoms with Gasteiger partial charge in [0.25, 0.3) is 0 Å². The number of benzene rings is 1. The third-order valence-corrected chi connectivity index (χ3v) is 2.82. The lowest BCUT2D eigenvalue weighted by Crippen LogP contribution is -2.51. The lowest BCUT2D eigenvalue weighted by Gasteiger charge is -2.29. The molecule has 0 aliphatic heterocycles. The van der Waals surface area contributed by atoms with Crippen LogP contribution in [0, 0.1) is 5.82 Å². The molecule has 0 amide bonds. The van der Waals surface area contributed by atoms with Crippen molar-refractivity contribution in [2.75, 3.05) is 26.8 Å². The van der Waals surface area contributed by atoms with Crippen LogP contribution in [0.1, 0.15) is 12.5 Å². The molecule has 0 heterocycles. The highest BCUT2D eigenvalue weighted by molar-refractivity contribution is 5.18. The first-order chi connectivity index (χ1) is 8.09. The minimum atomic E-state index is -0.212. The van der Waals surface area contributed by atoms with Crippen LogP contribution in [0.4, 0.5) is 4.39 Å². The largest absolute Gasteiger partial charge is 0.383 e. The SMILES string of the molecule is COCCNC(C)(CN)Cc1ccc(F)cc1. The number of nitrogens with two attached hydrogens (primary N) is 1. The molecule has 0 aliphatic rings. The molecule has 1 atom stereocenters. The molecule has 4 heteroatoms. The third kappa shape index (κ3) is 4.81. The van der Waals surface area contributed by atoms with Crippen LogP contribution in [-0.2, 0) is 11.2 Å². The fourth-order valence-electron chi connectivity index (χ4n) is 1.71. The van der Waals surface area contributed by atoms with E-state index < -0.39 is 0 Å². The zero-order valence-corrected chi connectivity index (χ0v) is 10.5. The number of halogens is 1. The predicted octanol–water partition coefficient (Wildman–Crippen LogP) is 1.32. The van der Waals surface area contributed by atoms with Gasteiger partial charge >= 0.3 is 0 Å². The van der Waals surface area contributed by atoms with Gasteiger partial charge in [0.15, 0.2) is 0 Å². The van der Waals surface area contributed by atoms with E-state index in [2.05, 4.69) is 12.2 Å². The quantitative estimate of drug-likeness (QED) is 0.707. The normalized spacial score (nSPS) is 14.6. The van der Waals surface area contributed by atoms with Gasteiger partial charge in [0.1, 0.15) is 5.82 Å². The van der Waals surface area contributed by atoms with Crippen molar-refractivity contribution in [2.45, 2.75) is 18.9 Å². The Morgan fingerprint density at radius 3 is 2.53 bits per heavy atom. The topological polar surface area (TPSA) is 47.3 Å². The van der Waals surface area contributed by atoms with Gasteiger partial charge in [-0.25, -0.2) is 4.39 Å². The Labute approximate surface area is 102 Å². The first-order valence-corrected chi connectivity index (χ1v) is 5.78. The summed E-state index contributed by atoms with van der Waals surface area (Å²) in [5, 5.41) is 3.37. The molecule has 0 bridgehead atoms. The second-order valence-electron chi connectivity index (χ2n) is 4.49. The zero-order valence-electron chi connectivity index (χ0n) is 10.5. The highest BCUT2D eigenvalue weighted by Crippen LogP contribution is 2.12. The molecule has 1 unspecified atom stereocenters. The fourth-order valence-corrected chi connectivity index (χ4v) is 1.71. The smallest absolute Gasteiger partial charge is 0.123 e. The molecule has 0 aromatic heterocycles. The maximum Gasteiger partial charge on any atom is 0.123 e. The molecule has 3 N–H and O–H groups in total. The summed E-state index contributed by atoms with van der Waals surface area (Å²) in [6.07, 6.45) is 0.771. The Morgan fingerprint density at radius 2 is 2.00 bits per heavy atom. The first kappa shape index (κ1) is 14.1. The molecule has 0 saturated heterocycles. The zero-order chi connectivity index (χ0) is 12.7. The van der Waals surface area contributed by atoms with Crippen LogP contribution < -0.4 is 11.1 Å². The minimum Gasteiger partial charge on any atom is -0.383 e. The van der Waals surface area contributed by atoms with Crippen LogP contribution in [0.15, 0.2) is 24.3 Å². The van der Waals surface area contributed by atoms with E-state index in [0.717, 1.165) is 18.5 Å². The van der Waals surface area contributed by atoms with Gasteiger partial charge in [0.2, 0.25) is 0 Å². The second kappa shape index (κ2) is 6.69. The van der Waals surface area contributed by atoms with Crippen LogP contribution in [-0.4, -0.2) is 32.3 Å². The van der Waals surface area contributed by atoms with E-state index in [1.54, 1.807) is 19.2 Å². The van der Waals surface area contributed by atoms with Crippen molar-refractivity contribution in [3.8, 4) is 0 Å². The Bertz CT molecular complexity index is 329. The lowest BCUT2D eigenvalue weighted by atomic mass is 9.93. The number of rotatable bonds is 7. The third-order valence-electron chi connectivity index (χ3n) is 2.82. The van der Waals surface area contributed by atoms with Gasteiger partial charge in [-0.3, -0.25) is 0 Å². The minimum absolute atomic E-state index is 0.184. The summed E-state index contributed by atoms with van der Waals surface area (Å²) < 4.78 is 17.8. The fraction of sp³-hybridized carbons (Fsp3) is 0.538. The van der Waals surface area contributed by atoms with Gasteiger partial charge in [0, 0.05) is 25.7 Å². The van der Waals surface area contributed by atoms with Gasteiger partial charge in [0.05, 0.1) is 6.61 Å². The Hall–Kier alpha value is -0.970. The van der Waals surface area contributed by atoms with Crippen LogP contribution in [0.5, 0.6) is 0 Å². The van der Waals surface area contributed by atoms with Crippen molar-refractivity contribution in [1.82, 2.24) is 5.32 Å². The van der Waals surface area contributed by atoms with Gasteiger partial charge in [-0.15, -0.1) is 0 Å². The maximum absolute atomic E-state index is 12.8. The highest BCUT2D eigenvalue weighted by atomic mass is 19.1. The number of hydrogen-bond acceptors (Lipinski definition) is 3. The molecule has 1 aromatic carbocycles. The van der Waals surface area contributed by atoms with Gasteiger partial charge in [-0.2, -0.15) is 0 Å². The van der Waals surface area contributed by atoms with E-state index in [0.29, 0.717) is 13.2 Å². The van der Waals surface area contributed by atoms with Crippen molar-refractivity contribution in [1.29, 1.82) is 0 Å². The number of hydrogen-bond donors (Lipinski definition) is 2. The molecule has 1 aromatic rings. The monoisotopic (exact) mass is 240 g/mol. The molecule has 0 radical (unpaired) electrons. The van der Waals surface area contributed by atoms with Crippen LogP contribution in [0.3, 0.4) is 0 Å². The molecule has 0 fully saturated rings. The van der Waals surface area contributed by atoms with E-state index in [1.165, 1.54) is 12.1 Å². The van der Waals surface area contributed by atoms with E-state index in [9.17, 15) is 4.39 Å². The molecule has 0 spiro atoms. The molecular formula is C13H21FN2O. The Morgan fingerprint density at radius 1 is 1.35 bits per heavy atom. The summed E-state index contributed by atoms with van der Waals surface area (Å²) in [4.78, 5) is 0. The molecule has 1 rings (SSSR count). The number of ether oxygens (including phenoxy) is 1. The molecule has 0 saturated carbocycles. The summed E-state index contributed by atoms with van der Waals surface area (Å²) in [6, 6.07) is 6.53. The highest BCUT2D eigenvalue weighted by Gasteiger charge is 2.21. The summed E-state index contributed by atoms with van der Waals surface area (Å²) in [7, 11) is 1.67. The Balaban J connectivity index is 2.58. The van der Waals surface area contributed by atoms with Gasteiger partial charge in [-0.1, -0.05) is 12.1 Å². The Kier molecular flexibility index (Phi) is 5.55. The summed E-state index contributed by atoms with van der Waals surface area (Å²) in [5.41, 5.74) is 6.68. The molecule has 17 heavy (non-hydrogen) atoms. The van der Waals surface area contributed by atoms with Crippen molar-refractivity contribution < 1.29 is 9.13 Å². The second-order valence-corrected chi connectivity index (χ2v) is 4.49. The maximum atomic E-state index is 12.8. The van der Waals surface area contributed by atoms with Gasteiger partial charge < -0.3 is 15.8 Å². The van der Waals surface area contributed by atoms with Crippen molar-refractivity contribution >= 4 is 0 Å². The summed E-state index contributed by atoms with van der Waals surface area (Å²) >= 11 is 0. The van der Waals surface area contributed by atoms with Crippen molar-refractivity contribution in [3.63, 3.8) is 0 Å². The van der Waals surface area contributed by atoms with Crippen LogP contribution in [0.25, 0.3) is 0 Å². The first-order valence-electron chi connectivity index (χ1n) is 5.78. The van der Waals surface area contributed by atoms with E-state index in [1.807, 2.05) is 0 Å². The predicted molar refractivity (Wildman–Crippen MR) is 67.4 cm³/mol. The lowest BCUT2D eigenvalue weighted by molar-refractivity contribution is 0.186. The molecule has 3 nitrogen and oxygen atoms in total. The molecule has 0 aliphatic carbocycles. The van der Waals surface area contributed by atoms with E-state index in [-0.39, 0.29) is 11.4 Å². The summed E-state index contributed by atoms with van der Waals surface area (Å²) in [6.45, 7) is 3.99. The number of nitrogens with one attached hydrogen (secondary N) is 1.